The van der Waals surface area contributed by atoms with Crippen LogP contribution in [-0.4, -0.2) is 11.5 Å². The van der Waals surface area contributed by atoms with Crippen molar-refractivity contribution in [1.29, 1.82) is 0 Å². The van der Waals surface area contributed by atoms with Crippen molar-refractivity contribution in [3.63, 3.8) is 0 Å². The maximum absolute atomic E-state index is 4.77. The van der Waals surface area contributed by atoms with Gasteiger partial charge in [-0.15, -0.1) is 11.3 Å². The fourth-order valence-corrected chi connectivity index (χ4v) is 3.30. The van der Waals surface area contributed by atoms with E-state index in [2.05, 4.69) is 52.4 Å². The minimum absolute atomic E-state index is 0.901. The van der Waals surface area contributed by atoms with Crippen molar-refractivity contribution >= 4 is 27.3 Å². The standard InChI is InChI=1S/C15H17BrN2S/c1-10-15(12-4-6-13(16)7-5-12)18-14(19-10)9-17-8-11-2-3-11/h4-7,11,17H,2-3,8-9H2,1H3. The number of hydrogen-bond acceptors (Lipinski definition) is 3. The summed E-state index contributed by atoms with van der Waals surface area (Å²) in [6.07, 6.45) is 2.79. The molecular weight excluding hydrogens is 320 g/mol. The lowest BCUT2D eigenvalue weighted by Gasteiger charge is -2.00. The summed E-state index contributed by atoms with van der Waals surface area (Å²) in [6, 6.07) is 8.37. The lowest BCUT2D eigenvalue weighted by molar-refractivity contribution is 0.637. The van der Waals surface area contributed by atoms with Crippen LogP contribution in [0.15, 0.2) is 28.7 Å². The van der Waals surface area contributed by atoms with Gasteiger partial charge in [-0.3, -0.25) is 0 Å². The van der Waals surface area contributed by atoms with E-state index < -0.39 is 0 Å². The van der Waals surface area contributed by atoms with E-state index in [4.69, 9.17) is 4.98 Å². The fourth-order valence-electron chi connectivity index (χ4n) is 2.11. The highest BCUT2D eigenvalue weighted by molar-refractivity contribution is 9.10. The summed E-state index contributed by atoms with van der Waals surface area (Å²) in [7, 11) is 0. The first-order valence-corrected chi connectivity index (χ1v) is 8.26. The smallest absolute Gasteiger partial charge is 0.107 e. The molecule has 1 N–H and O–H groups in total. The molecule has 0 amide bonds. The number of aryl methyl sites for hydroxylation is 1. The molecule has 0 unspecified atom stereocenters. The third-order valence-corrected chi connectivity index (χ3v) is 4.86. The molecule has 1 aliphatic rings. The monoisotopic (exact) mass is 336 g/mol. The van der Waals surface area contributed by atoms with Crippen molar-refractivity contribution in [2.24, 2.45) is 5.92 Å². The Morgan fingerprint density at radius 3 is 2.74 bits per heavy atom. The zero-order valence-corrected chi connectivity index (χ0v) is 13.4. The molecule has 1 aromatic carbocycles. The van der Waals surface area contributed by atoms with Crippen LogP contribution in [0.2, 0.25) is 0 Å². The summed E-state index contributed by atoms with van der Waals surface area (Å²) < 4.78 is 1.11. The topological polar surface area (TPSA) is 24.9 Å². The number of benzene rings is 1. The molecule has 1 aromatic heterocycles. The van der Waals surface area contributed by atoms with Crippen LogP contribution in [-0.2, 0) is 6.54 Å². The molecule has 1 saturated carbocycles. The van der Waals surface area contributed by atoms with E-state index in [0.29, 0.717) is 0 Å². The molecular formula is C15H17BrN2S. The van der Waals surface area contributed by atoms with Gasteiger partial charge in [0.05, 0.1) is 5.69 Å². The molecule has 0 aliphatic heterocycles. The van der Waals surface area contributed by atoms with Crippen LogP contribution >= 0.6 is 27.3 Å². The predicted octanol–water partition coefficient (Wildman–Crippen LogP) is 4.38. The molecule has 0 bridgehead atoms. The Morgan fingerprint density at radius 2 is 2.05 bits per heavy atom. The second-order valence-corrected chi connectivity index (χ2v) is 7.30. The van der Waals surface area contributed by atoms with Crippen molar-refractivity contribution in [1.82, 2.24) is 10.3 Å². The van der Waals surface area contributed by atoms with Crippen molar-refractivity contribution < 1.29 is 0 Å². The van der Waals surface area contributed by atoms with E-state index in [0.717, 1.165) is 29.2 Å². The summed E-state index contributed by atoms with van der Waals surface area (Å²) in [6.45, 7) is 4.20. The largest absolute Gasteiger partial charge is 0.310 e. The Bertz CT molecular complexity index is 558. The molecule has 1 heterocycles. The van der Waals surface area contributed by atoms with Gasteiger partial charge < -0.3 is 5.32 Å². The van der Waals surface area contributed by atoms with Gasteiger partial charge in [-0.05, 0) is 44.4 Å². The molecule has 19 heavy (non-hydrogen) atoms. The number of halogens is 1. The lowest BCUT2D eigenvalue weighted by Crippen LogP contribution is -2.15. The third kappa shape index (κ3) is 3.44. The normalized spacial score (nSPS) is 14.8. The SMILES string of the molecule is Cc1sc(CNCC2CC2)nc1-c1ccc(Br)cc1. The highest BCUT2D eigenvalue weighted by atomic mass is 79.9. The van der Waals surface area contributed by atoms with Crippen molar-refractivity contribution in [2.75, 3.05) is 6.54 Å². The maximum atomic E-state index is 4.77. The number of nitrogens with one attached hydrogen (secondary N) is 1. The van der Waals surface area contributed by atoms with Crippen LogP contribution in [0.4, 0.5) is 0 Å². The summed E-state index contributed by atoms with van der Waals surface area (Å²) in [4.78, 5) is 6.06. The number of aromatic nitrogens is 1. The van der Waals surface area contributed by atoms with E-state index >= 15 is 0 Å². The molecule has 100 valence electrons. The Balaban J connectivity index is 1.70. The lowest BCUT2D eigenvalue weighted by atomic mass is 10.1. The number of nitrogens with zero attached hydrogens (tertiary/aromatic N) is 1. The number of thiazole rings is 1. The molecule has 1 aliphatic carbocycles. The Kier molecular flexibility index (Phi) is 4.01. The first-order valence-electron chi connectivity index (χ1n) is 6.65. The first kappa shape index (κ1) is 13.3. The second kappa shape index (κ2) is 5.73. The van der Waals surface area contributed by atoms with Crippen LogP contribution in [0, 0.1) is 12.8 Å². The van der Waals surface area contributed by atoms with E-state index in [1.165, 1.54) is 28.3 Å². The van der Waals surface area contributed by atoms with E-state index in [1.807, 2.05) is 0 Å². The van der Waals surface area contributed by atoms with Gasteiger partial charge in [0, 0.05) is 21.5 Å². The van der Waals surface area contributed by atoms with Crippen LogP contribution in [0.1, 0.15) is 22.7 Å². The van der Waals surface area contributed by atoms with E-state index in [9.17, 15) is 0 Å². The zero-order chi connectivity index (χ0) is 13.2. The summed E-state index contributed by atoms with van der Waals surface area (Å²) >= 11 is 5.27. The number of rotatable bonds is 5. The molecule has 0 spiro atoms. The Morgan fingerprint density at radius 1 is 1.32 bits per heavy atom. The summed E-state index contributed by atoms with van der Waals surface area (Å²) in [5.74, 6) is 0.923. The molecule has 1 fully saturated rings. The van der Waals surface area contributed by atoms with Crippen LogP contribution in [0.5, 0.6) is 0 Å². The van der Waals surface area contributed by atoms with Crippen LogP contribution in [0.3, 0.4) is 0 Å². The molecule has 0 atom stereocenters. The minimum Gasteiger partial charge on any atom is -0.310 e. The van der Waals surface area contributed by atoms with Gasteiger partial charge in [-0.25, -0.2) is 4.98 Å². The second-order valence-electron chi connectivity index (χ2n) is 5.09. The molecule has 3 rings (SSSR count). The zero-order valence-electron chi connectivity index (χ0n) is 10.9. The molecule has 0 radical (unpaired) electrons. The minimum atomic E-state index is 0.901. The van der Waals surface area contributed by atoms with Gasteiger partial charge in [0.15, 0.2) is 0 Å². The van der Waals surface area contributed by atoms with Gasteiger partial charge in [-0.2, -0.15) is 0 Å². The van der Waals surface area contributed by atoms with Crippen molar-refractivity contribution in [3.8, 4) is 11.3 Å². The molecule has 0 saturated heterocycles. The highest BCUT2D eigenvalue weighted by Gasteiger charge is 2.20. The van der Waals surface area contributed by atoms with Crippen molar-refractivity contribution in [3.05, 3.63) is 38.6 Å². The number of hydrogen-bond donors (Lipinski definition) is 1. The average Bonchev–Trinajstić information content (AvgIpc) is 3.14. The van der Waals surface area contributed by atoms with Gasteiger partial charge in [0.1, 0.15) is 5.01 Å². The maximum Gasteiger partial charge on any atom is 0.107 e. The van der Waals surface area contributed by atoms with E-state index in [-0.39, 0.29) is 0 Å². The summed E-state index contributed by atoms with van der Waals surface area (Å²) in [5.41, 5.74) is 2.33. The van der Waals surface area contributed by atoms with Crippen LogP contribution < -0.4 is 5.32 Å². The quantitative estimate of drug-likeness (QED) is 0.876. The van der Waals surface area contributed by atoms with Gasteiger partial charge in [-0.1, -0.05) is 28.1 Å². The predicted molar refractivity (Wildman–Crippen MR) is 84.4 cm³/mol. The average molecular weight is 337 g/mol. The summed E-state index contributed by atoms with van der Waals surface area (Å²) in [5, 5.41) is 4.70. The highest BCUT2D eigenvalue weighted by Crippen LogP contribution is 2.29. The van der Waals surface area contributed by atoms with Gasteiger partial charge >= 0.3 is 0 Å². The van der Waals surface area contributed by atoms with Crippen molar-refractivity contribution in [2.45, 2.75) is 26.3 Å². The van der Waals surface area contributed by atoms with E-state index in [1.54, 1.807) is 11.3 Å². The Labute approximate surface area is 126 Å². The van der Waals surface area contributed by atoms with Crippen LogP contribution in [0.25, 0.3) is 11.3 Å². The molecule has 2 aromatic rings. The van der Waals surface area contributed by atoms with Gasteiger partial charge in [0.2, 0.25) is 0 Å². The first-order chi connectivity index (χ1) is 9.22. The Hall–Kier alpha value is -0.710. The third-order valence-electron chi connectivity index (χ3n) is 3.36. The van der Waals surface area contributed by atoms with Gasteiger partial charge in [0.25, 0.3) is 0 Å². The molecule has 4 heteroatoms. The fraction of sp³-hybridized carbons (Fsp3) is 0.400. The molecule has 2 nitrogen and oxygen atoms in total.